The Labute approximate surface area is 113 Å². The molecule has 1 aliphatic heterocycles. The normalized spacial score (nSPS) is 17.4. The number of anilines is 1. The van der Waals surface area contributed by atoms with Gasteiger partial charge in [-0.15, -0.1) is 5.10 Å². The van der Waals surface area contributed by atoms with Crippen molar-refractivity contribution >= 4 is 23.4 Å². The molecule has 1 aromatic heterocycles. The molecular weight excluding hydrogens is 264 g/mol. The first-order chi connectivity index (χ1) is 9.19. The summed E-state index contributed by atoms with van der Waals surface area (Å²) in [6, 6.07) is 5.57. The van der Waals surface area contributed by atoms with Crippen LogP contribution in [0.1, 0.15) is 11.6 Å². The number of nitrogens with one attached hydrogen (secondary N) is 2. The fourth-order valence-electron chi connectivity index (χ4n) is 2.00. The highest BCUT2D eigenvalue weighted by molar-refractivity contribution is 7.99. The first-order valence-electron chi connectivity index (χ1n) is 5.71. The van der Waals surface area contributed by atoms with Gasteiger partial charge < -0.3 is 10.6 Å². The number of hydrogen-bond acceptors (Lipinski definition) is 6. The minimum absolute atomic E-state index is 0.0278. The van der Waals surface area contributed by atoms with Crippen molar-refractivity contribution < 1.29 is 4.79 Å². The quantitative estimate of drug-likeness (QED) is 0.852. The largest absolute Gasteiger partial charge is 0.324 e. The number of hydrogen-bond donors (Lipinski definition) is 2. The SMILES string of the molecule is CNC1C(=O)Nc2cc(Sc3nnnn3C)ccc21. The van der Waals surface area contributed by atoms with Crippen molar-refractivity contribution in [3.05, 3.63) is 23.8 Å². The predicted octanol–water partition coefficient (Wildman–Crippen LogP) is 0.574. The monoisotopic (exact) mass is 276 g/mol. The van der Waals surface area contributed by atoms with Crippen molar-refractivity contribution in [1.82, 2.24) is 25.5 Å². The highest BCUT2D eigenvalue weighted by atomic mass is 32.2. The Hall–Kier alpha value is -1.93. The number of likely N-dealkylation sites (N-methyl/N-ethyl adjacent to an activating group) is 1. The third-order valence-corrected chi connectivity index (χ3v) is 3.95. The Morgan fingerprint density at radius 1 is 1.47 bits per heavy atom. The maximum absolute atomic E-state index is 11.7. The van der Waals surface area contributed by atoms with Crippen molar-refractivity contribution in [3.8, 4) is 0 Å². The topological polar surface area (TPSA) is 84.7 Å². The number of carbonyl (C=O) groups is 1. The maximum atomic E-state index is 11.7. The second-order valence-electron chi connectivity index (χ2n) is 4.15. The van der Waals surface area contributed by atoms with Gasteiger partial charge in [-0.2, -0.15) is 0 Å². The van der Waals surface area contributed by atoms with Gasteiger partial charge in [-0.25, -0.2) is 4.68 Å². The predicted molar refractivity (Wildman–Crippen MR) is 69.8 cm³/mol. The molecule has 1 aliphatic rings. The molecule has 0 aliphatic carbocycles. The Morgan fingerprint density at radius 2 is 2.32 bits per heavy atom. The summed E-state index contributed by atoms with van der Waals surface area (Å²) in [4.78, 5) is 12.7. The summed E-state index contributed by atoms with van der Waals surface area (Å²) in [5.41, 5.74) is 1.80. The van der Waals surface area contributed by atoms with Gasteiger partial charge in [-0.3, -0.25) is 4.79 Å². The average molecular weight is 276 g/mol. The highest BCUT2D eigenvalue weighted by Gasteiger charge is 2.29. The van der Waals surface area contributed by atoms with Gasteiger partial charge in [0.2, 0.25) is 11.1 Å². The highest BCUT2D eigenvalue weighted by Crippen LogP contribution is 2.35. The van der Waals surface area contributed by atoms with E-state index in [-0.39, 0.29) is 11.9 Å². The minimum Gasteiger partial charge on any atom is -0.324 e. The zero-order valence-electron chi connectivity index (χ0n) is 10.4. The van der Waals surface area contributed by atoms with Gasteiger partial charge in [-0.05, 0) is 41.4 Å². The van der Waals surface area contributed by atoms with E-state index in [1.165, 1.54) is 11.8 Å². The summed E-state index contributed by atoms with van der Waals surface area (Å²) in [6.07, 6.45) is 0. The molecule has 1 aromatic carbocycles. The molecule has 98 valence electrons. The molecular formula is C11H12N6OS. The summed E-state index contributed by atoms with van der Waals surface area (Å²) in [6.45, 7) is 0. The lowest BCUT2D eigenvalue weighted by atomic mass is 10.1. The molecule has 1 amide bonds. The van der Waals surface area contributed by atoms with Gasteiger partial charge in [-0.1, -0.05) is 6.07 Å². The molecule has 0 fully saturated rings. The molecule has 7 nitrogen and oxygen atoms in total. The standard InChI is InChI=1S/C11H12N6OS/c1-12-9-7-4-3-6(5-8(7)13-10(9)18)19-11-14-15-16-17(11)2/h3-5,9,12H,1-2H3,(H,13,18). The number of carbonyl (C=O) groups excluding carboxylic acids is 1. The lowest BCUT2D eigenvalue weighted by Crippen LogP contribution is -2.23. The average Bonchev–Trinajstić information content (AvgIpc) is 2.92. The van der Waals surface area contributed by atoms with Gasteiger partial charge in [0, 0.05) is 23.2 Å². The van der Waals surface area contributed by atoms with Gasteiger partial charge in [0.1, 0.15) is 6.04 Å². The van der Waals surface area contributed by atoms with E-state index >= 15 is 0 Å². The molecule has 0 bridgehead atoms. The van der Waals surface area contributed by atoms with Crippen LogP contribution in [0.2, 0.25) is 0 Å². The summed E-state index contributed by atoms with van der Waals surface area (Å²) in [5, 5.41) is 17.8. The van der Waals surface area contributed by atoms with Crippen LogP contribution in [0.5, 0.6) is 0 Å². The molecule has 1 atom stereocenters. The number of fused-ring (bicyclic) bond motifs is 1. The maximum Gasteiger partial charge on any atom is 0.246 e. The van der Waals surface area contributed by atoms with Crippen LogP contribution >= 0.6 is 11.8 Å². The van der Waals surface area contributed by atoms with E-state index in [4.69, 9.17) is 0 Å². The number of benzene rings is 1. The number of tetrazole rings is 1. The van der Waals surface area contributed by atoms with Crippen molar-refractivity contribution in [3.63, 3.8) is 0 Å². The molecule has 0 spiro atoms. The van der Waals surface area contributed by atoms with Crippen LogP contribution in [0, 0.1) is 0 Å². The molecule has 0 saturated heterocycles. The molecule has 2 heterocycles. The summed E-state index contributed by atoms with van der Waals surface area (Å²) in [5.74, 6) is -0.0278. The molecule has 0 radical (unpaired) electrons. The van der Waals surface area contributed by atoms with Crippen LogP contribution in [0.15, 0.2) is 28.3 Å². The molecule has 1 unspecified atom stereocenters. The molecule has 0 saturated carbocycles. The van der Waals surface area contributed by atoms with E-state index in [1.807, 2.05) is 18.2 Å². The Bertz CT molecular complexity index is 640. The second-order valence-corrected chi connectivity index (χ2v) is 5.19. The van der Waals surface area contributed by atoms with E-state index in [9.17, 15) is 4.79 Å². The number of aromatic nitrogens is 4. The molecule has 19 heavy (non-hydrogen) atoms. The van der Waals surface area contributed by atoms with Gasteiger partial charge >= 0.3 is 0 Å². The minimum atomic E-state index is -0.273. The first-order valence-corrected chi connectivity index (χ1v) is 6.53. The summed E-state index contributed by atoms with van der Waals surface area (Å²) in [7, 11) is 3.56. The molecule has 2 aromatic rings. The molecule has 8 heteroatoms. The third kappa shape index (κ3) is 2.08. The van der Waals surface area contributed by atoms with Gasteiger partial charge in [0.15, 0.2) is 0 Å². The van der Waals surface area contributed by atoms with Crippen molar-refractivity contribution in [1.29, 1.82) is 0 Å². The Morgan fingerprint density at radius 3 is 3.00 bits per heavy atom. The van der Waals surface area contributed by atoms with Crippen LogP contribution in [0.4, 0.5) is 5.69 Å². The Balaban J connectivity index is 1.89. The van der Waals surface area contributed by atoms with Crippen molar-refractivity contribution in [2.75, 3.05) is 12.4 Å². The third-order valence-electron chi connectivity index (χ3n) is 2.93. The number of amides is 1. The zero-order chi connectivity index (χ0) is 13.4. The lowest BCUT2D eigenvalue weighted by molar-refractivity contribution is -0.117. The molecule has 3 rings (SSSR count). The van der Waals surface area contributed by atoms with E-state index in [1.54, 1.807) is 18.8 Å². The fourth-order valence-corrected chi connectivity index (χ4v) is 2.77. The van der Waals surface area contributed by atoms with Crippen molar-refractivity contribution in [2.24, 2.45) is 7.05 Å². The van der Waals surface area contributed by atoms with Crippen molar-refractivity contribution in [2.45, 2.75) is 16.1 Å². The lowest BCUT2D eigenvalue weighted by Gasteiger charge is -2.07. The van der Waals surface area contributed by atoms with Crippen LogP contribution in [0.25, 0.3) is 0 Å². The second kappa shape index (κ2) is 4.63. The van der Waals surface area contributed by atoms with E-state index in [0.717, 1.165) is 16.1 Å². The van der Waals surface area contributed by atoms with Crippen LogP contribution in [-0.4, -0.2) is 33.2 Å². The number of aryl methyl sites for hydroxylation is 1. The zero-order valence-corrected chi connectivity index (χ0v) is 11.2. The van der Waals surface area contributed by atoms with Gasteiger partial charge in [0.05, 0.1) is 0 Å². The smallest absolute Gasteiger partial charge is 0.246 e. The first kappa shape index (κ1) is 12.1. The van der Waals surface area contributed by atoms with E-state index in [2.05, 4.69) is 26.2 Å². The Kier molecular flexibility index (Phi) is 2.96. The van der Waals surface area contributed by atoms with Crippen LogP contribution < -0.4 is 10.6 Å². The molecule has 2 N–H and O–H groups in total. The van der Waals surface area contributed by atoms with Crippen LogP contribution in [-0.2, 0) is 11.8 Å². The fraction of sp³-hybridized carbons (Fsp3) is 0.273. The summed E-state index contributed by atoms with van der Waals surface area (Å²) < 4.78 is 1.60. The number of rotatable bonds is 3. The van der Waals surface area contributed by atoms with E-state index < -0.39 is 0 Å². The van der Waals surface area contributed by atoms with E-state index in [0.29, 0.717) is 5.16 Å². The van der Waals surface area contributed by atoms with Gasteiger partial charge in [0.25, 0.3) is 0 Å². The number of nitrogens with zero attached hydrogens (tertiary/aromatic N) is 4. The van der Waals surface area contributed by atoms with Crippen LogP contribution in [0.3, 0.4) is 0 Å². The summed E-state index contributed by atoms with van der Waals surface area (Å²) >= 11 is 1.45.